The SMILES string of the molecule is CNC(=O)CC1SC[C@H]2NON[C@@H]12. The fourth-order valence-electron chi connectivity index (χ4n) is 1.61. The van der Waals surface area contributed by atoms with E-state index in [0.29, 0.717) is 17.7 Å². The highest BCUT2D eigenvalue weighted by Gasteiger charge is 2.41. The number of nitrogens with one attached hydrogen (secondary N) is 3. The van der Waals surface area contributed by atoms with Crippen molar-refractivity contribution in [3.8, 4) is 0 Å². The molecule has 1 amide bonds. The van der Waals surface area contributed by atoms with Crippen molar-refractivity contribution in [2.75, 3.05) is 12.8 Å². The molecule has 2 fully saturated rings. The maximum atomic E-state index is 11.1. The molecule has 0 aromatic rings. The summed E-state index contributed by atoms with van der Waals surface area (Å²) in [7, 11) is 1.66. The summed E-state index contributed by atoms with van der Waals surface area (Å²) in [5.74, 6) is 1.09. The second-order valence-electron chi connectivity index (χ2n) is 3.22. The lowest BCUT2D eigenvalue weighted by atomic mass is 10.1. The van der Waals surface area contributed by atoms with Gasteiger partial charge in [-0.1, -0.05) is 0 Å². The van der Waals surface area contributed by atoms with Crippen molar-refractivity contribution in [1.29, 1.82) is 0 Å². The van der Waals surface area contributed by atoms with Gasteiger partial charge in [0.15, 0.2) is 0 Å². The van der Waals surface area contributed by atoms with E-state index in [2.05, 4.69) is 16.3 Å². The van der Waals surface area contributed by atoms with Crippen LogP contribution in [0.1, 0.15) is 6.42 Å². The van der Waals surface area contributed by atoms with Crippen molar-refractivity contribution in [2.45, 2.75) is 23.8 Å². The molecule has 5 nitrogen and oxygen atoms in total. The number of rotatable bonds is 2. The van der Waals surface area contributed by atoms with Gasteiger partial charge in [-0.3, -0.25) is 4.79 Å². The molecule has 74 valence electrons. The third kappa shape index (κ3) is 1.80. The molecule has 2 saturated heterocycles. The number of fused-ring (bicyclic) bond motifs is 1. The Morgan fingerprint density at radius 2 is 2.54 bits per heavy atom. The van der Waals surface area contributed by atoms with Crippen LogP contribution in [0.4, 0.5) is 0 Å². The fourth-order valence-corrected chi connectivity index (χ4v) is 3.06. The molecule has 2 aliphatic heterocycles. The van der Waals surface area contributed by atoms with Gasteiger partial charge in [0.1, 0.15) is 0 Å². The van der Waals surface area contributed by atoms with E-state index in [4.69, 9.17) is 4.94 Å². The number of amides is 1. The number of carbonyl (C=O) groups is 1. The van der Waals surface area contributed by atoms with E-state index in [1.54, 1.807) is 7.05 Å². The summed E-state index contributed by atoms with van der Waals surface area (Å²) in [5, 5.41) is 2.95. The quantitative estimate of drug-likeness (QED) is 0.538. The van der Waals surface area contributed by atoms with Crippen molar-refractivity contribution in [3.63, 3.8) is 0 Å². The van der Waals surface area contributed by atoms with Gasteiger partial charge in [0.25, 0.3) is 0 Å². The highest BCUT2D eigenvalue weighted by molar-refractivity contribution is 8.00. The molecule has 2 heterocycles. The molecule has 0 bridgehead atoms. The van der Waals surface area contributed by atoms with E-state index in [9.17, 15) is 4.79 Å². The Hall–Kier alpha value is -0.300. The van der Waals surface area contributed by atoms with Crippen LogP contribution in [0.25, 0.3) is 0 Å². The van der Waals surface area contributed by atoms with Gasteiger partial charge in [-0.15, -0.1) is 0 Å². The molecule has 2 rings (SSSR count). The fraction of sp³-hybridized carbons (Fsp3) is 0.857. The van der Waals surface area contributed by atoms with Gasteiger partial charge in [0, 0.05) is 24.5 Å². The first-order valence-electron chi connectivity index (χ1n) is 4.30. The van der Waals surface area contributed by atoms with Crippen LogP contribution in [0.2, 0.25) is 0 Å². The van der Waals surface area contributed by atoms with Crippen LogP contribution in [-0.4, -0.2) is 36.0 Å². The average molecular weight is 203 g/mol. The van der Waals surface area contributed by atoms with E-state index in [1.165, 1.54) is 0 Å². The van der Waals surface area contributed by atoms with E-state index < -0.39 is 0 Å². The lowest BCUT2D eigenvalue weighted by Crippen LogP contribution is -2.38. The molecular weight excluding hydrogens is 190 g/mol. The summed E-state index contributed by atoms with van der Waals surface area (Å²) < 4.78 is 0. The third-order valence-electron chi connectivity index (χ3n) is 2.39. The maximum absolute atomic E-state index is 11.1. The number of thioether (sulfide) groups is 1. The molecular formula is C7H13N3O2S. The Morgan fingerprint density at radius 3 is 3.31 bits per heavy atom. The van der Waals surface area contributed by atoms with Crippen LogP contribution in [-0.2, 0) is 9.73 Å². The summed E-state index contributed by atoms with van der Waals surface area (Å²) >= 11 is 1.81. The highest BCUT2D eigenvalue weighted by Crippen LogP contribution is 2.31. The first kappa shape index (κ1) is 9.26. The Labute approximate surface area is 80.9 Å². The van der Waals surface area contributed by atoms with Gasteiger partial charge >= 0.3 is 0 Å². The minimum absolute atomic E-state index is 0.0897. The van der Waals surface area contributed by atoms with Crippen LogP contribution in [0.5, 0.6) is 0 Å². The molecule has 13 heavy (non-hydrogen) atoms. The van der Waals surface area contributed by atoms with E-state index in [-0.39, 0.29) is 11.9 Å². The topological polar surface area (TPSA) is 62.4 Å². The van der Waals surface area contributed by atoms with Gasteiger partial charge in [-0.25, -0.2) is 4.94 Å². The molecule has 2 aliphatic rings. The first-order valence-corrected chi connectivity index (χ1v) is 5.35. The van der Waals surface area contributed by atoms with Crippen LogP contribution in [0.15, 0.2) is 0 Å². The molecule has 0 saturated carbocycles. The molecule has 0 aromatic heterocycles. The second kappa shape index (κ2) is 3.83. The molecule has 1 unspecified atom stereocenters. The zero-order valence-electron chi connectivity index (χ0n) is 7.37. The summed E-state index contributed by atoms with van der Waals surface area (Å²) in [6.45, 7) is 0. The Balaban J connectivity index is 1.90. The summed E-state index contributed by atoms with van der Waals surface area (Å²) in [4.78, 5) is 16.1. The zero-order valence-corrected chi connectivity index (χ0v) is 8.19. The van der Waals surface area contributed by atoms with Crippen molar-refractivity contribution in [3.05, 3.63) is 0 Å². The smallest absolute Gasteiger partial charge is 0.220 e. The van der Waals surface area contributed by atoms with Crippen LogP contribution in [0, 0.1) is 0 Å². The van der Waals surface area contributed by atoms with Gasteiger partial charge in [-0.2, -0.15) is 22.7 Å². The van der Waals surface area contributed by atoms with Gasteiger partial charge in [-0.05, 0) is 0 Å². The number of hydrogen-bond acceptors (Lipinski definition) is 5. The zero-order chi connectivity index (χ0) is 9.26. The summed E-state index contributed by atoms with van der Waals surface area (Å²) in [6.07, 6.45) is 0.556. The molecule has 0 aliphatic carbocycles. The van der Waals surface area contributed by atoms with Crippen LogP contribution < -0.4 is 16.3 Å². The monoisotopic (exact) mass is 203 g/mol. The second-order valence-corrected chi connectivity index (χ2v) is 4.49. The summed E-state index contributed by atoms with van der Waals surface area (Å²) in [6, 6.07) is 0.613. The Morgan fingerprint density at radius 1 is 1.69 bits per heavy atom. The predicted molar refractivity (Wildman–Crippen MR) is 49.9 cm³/mol. The summed E-state index contributed by atoms with van der Waals surface area (Å²) in [5.41, 5.74) is 5.76. The minimum Gasteiger partial charge on any atom is -0.359 e. The van der Waals surface area contributed by atoms with Gasteiger partial charge in [0.05, 0.1) is 12.1 Å². The molecule has 3 atom stereocenters. The minimum atomic E-state index is 0.0897. The first-order chi connectivity index (χ1) is 6.31. The van der Waals surface area contributed by atoms with Crippen molar-refractivity contribution < 1.29 is 9.73 Å². The lowest BCUT2D eigenvalue weighted by Gasteiger charge is -2.14. The van der Waals surface area contributed by atoms with Crippen molar-refractivity contribution >= 4 is 17.7 Å². The van der Waals surface area contributed by atoms with E-state index in [1.807, 2.05) is 11.8 Å². The molecule has 3 N–H and O–H groups in total. The lowest BCUT2D eigenvalue weighted by molar-refractivity contribution is -0.120. The molecule has 6 heteroatoms. The average Bonchev–Trinajstić information content (AvgIpc) is 2.69. The largest absolute Gasteiger partial charge is 0.359 e. The molecule has 0 aromatic carbocycles. The maximum Gasteiger partial charge on any atom is 0.220 e. The van der Waals surface area contributed by atoms with Gasteiger partial charge in [0.2, 0.25) is 5.91 Å². The van der Waals surface area contributed by atoms with Crippen molar-refractivity contribution in [1.82, 2.24) is 16.3 Å². The Kier molecular flexibility index (Phi) is 2.73. The number of hydrogen-bond donors (Lipinski definition) is 3. The molecule has 0 radical (unpaired) electrons. The normalized spacial score (nSPS) is 37.5. The highest BCUT2D eigenvalue weighted by atomic mass is 32.2. The number of hydroxylamine groups is 2. The Bertz CT molecular complexity index is 214. The standard InChI is InChI=1S/C7H13N3O2S/c1-8-6(11)2-5-7-4(3-13-5)9-12-10-7/h4-5,7,9-10H,2-3H2,1H3,(H,8,11)/t4-,5?,7-/m1/s1. The predicted octanol–water partition coefficient (Wildman–Crippen LogP) is -0.985. The third-order valence-corrected chi connectivity index (χ3v) is 3.83. The molecule has 0 spiro atoms. The van der Waals surface area contributed by atoms with Gasteiger partial charge < -0.3 is 5.32 Å². The number of carbonyl (C=O) groups excluding carboxylic acids is 1. The van der Waals surface area contributed by atoms with Crippen molar-refractivity contribution in [2.24, 2.45) is 0 Å². The van der Waals surface area contributed by atoms with Crippen LogP contribution in [0.3, 0.4) is 0 Å². The van der Waals surface area contributed by atoms with E-state index in [0.717, 1.165) is 5.75 Å². The van der Waals surface area contributed by atoms with Crippen LogP contribution >= 0.6 is 11.8 Å². The van der Waals surface area contributed by atoms with E-state index >= 15 is 0 Å².